The van der Waals surface area contributed by atoms with E-state index in [4.69, 9.17) is 5.73 Å². The number of aliphatic hydroxyl groups excluding tert-OH is 1. The van der Waals surface area contributed by atoms with E-state index >= 15 is 0 Å². The Kier molecular flexibility index (Phi) is 3.55. The van der Waals surface area contributed by atoms with Crippen LogP contribution in [0.2, 0.25) is 0 Å². The summed E-state index contributed by atoms with van der Waals surface area (Å²) in [5.74, 6) is 0.561. The molecule has 0 heterocycles. The number of aliphatic hydroxyl groups is 1. The van der Waals surface area contributed by atoms with Gasteiger partial charge in [-0.15, -0.1) is 0 Å². The summed E-state index contributed by atoms with van der Waals surface area (Å²) in [6, 6.07) is 8.68. The van der Waals surface area contributed by atoms with Crippen molar-refractivity contribution in [2.45, 2.75) is 57.1 Å². The molecule has 3 N–H and O–H groups in total. The zero-order valence-corrected chi connectivity index (χ0v) is 10.8. The Hall–Kier alpha value is -0.860. The van der Waals surface area contributed by atoms with Gasteiger partial charge in [0.25, 0.3) is 0 Å². The molecule has 2 rings (SSSR count). The third kappa shape index (κ3) is 2.70. The fourth-order valence-electron chi connectivity index (χ4n) is 2.61. The SMILES string of the molecule is CC(C)c1ccc(C2(N)CCC(O)CC2)cc1. The van der Waals surface area contributed by atoms with Crippen LogP contribution in [0.25, 0.3) is 0 Å². The quantitative estimate of drug-likeness (QED) is 0.825. The molecule has 1 aliphatic rings. The van der Waals surface area contributed by atoms with Crippen molar-refractivity contribution in [2.75, 3.05) is 0 Å². The van der Waals surface area contributed by atoms with E-state index < -0.39 is 0 Å². The molecule has 94 valence electrons. The van der Waals surface area contributed by atoms with Gasteiger partial charge in [-0.2, -0.15) is 0 Å². The van der Waals surface area contributed by atoms with Gasteiger partial charge in [0.15, 0.2) is 0 Å². The molecule has 1 aromatic carbocycles. The Balaban J connectivity index is 2.16. The minimum absolute atomic E-state index is 0.151. The zero-order valence-electron chi connectivity index (χ0n) is 10.8. The molecular weight excluding hydrogens is 210 g/mol. The van der Waals surface area contributed by atoms with E-state index in [0.29, 0.717) is 5.92 Å². The fourth-order valence-corrected chi connectivity index (χ4v) is 2.61. The van der Waals surface area contributed by atoms with Gasteiger partial charge in [-0.1, -0.05) is 38.1 Å². The molecule has 2 heteroatoms. The Bertz CT molecular complexity index is 361. The van der Waals surface area contributed by atoms with Crippen LogP contribution in [0.3, 0.4) is 0 Å². The first-order valence-electron chi connectivity index (χ1n) is 6.59. The number of nitrogens with two attached hydrogens (primary N) is 1. The highest BCUT2D eigenvalue weighted by molar-refractivity contribution is 5.30. The second kappa shape index (κ2) is 4.79. The zero-order chi connectivity index (χ0) is 12.5. The molecule has 0 radical (unpaired) electrons. The lowest BCUT2D eigenvalue weighted by Gasteiger charge is -2.36. The second-order valence-corrected chi connectivity index (χ2v) is 5.66. The highest BCUT2D eigenvalue weighted by atomic mass is 16.3. The number of hydrogen-bond acceptors (Lipinski definition) is 2. The fraction of sp³-hybridized carbons (Fsp3) is 0.600. The molecule has 0 bridgehead atoms. The molecule has 0 spiro atoms. The highest BCUT2D eigenvalue weighted by Gasteiger charge is 2.32. The first-order chi connectivity index (χ1) is 8.01. The van der Waals surface area contributed by atoms with Gasteiger partial charge in [0.1, 0.15) is 0 Å². The van der Waals surface area contributed by atoms with Crippen LogP contribution in [-0.4, -0.2) is 11.2 Å². The standard InChI is InChI=1S/C15H23NO/c1-11(2)12-3-5-13(6-4-12)15(16)9-7-14(17)8-10-15/h3-6,11,14,17H,7-10,16H2,1-2H3. The Morgan fingerprint density at radius 3 is 2.18 bits per heavy atom. The average molecular weight is 233 g/mol. The number of hydrogen-bond donors (Lipinski definition) is 2. The summed E-state index contributed by atoms with van der Waals surface area (Å²) < 4.78 is 0. The summed E-state index contributed by atoms with van der Waals surface area (Å²) in [5.41, 5.74) is 8.80. The van der Waals surface area contributed by atoms with E-state index in [1.165, 1.54) is 11.1 Å². The molecular formula is C15H23NO. The predicted molar refractivity (Wildman–Crippen MR) is 70.9 cm³/mol. The molecule has 0 aliphatic heterocycles. The third-order valence-corrected chi connectivity index (χ3v) is 4.00. The number of rotatable bonds is 2. The van der Waals surface area contributed by atoms with E-state index in [1.807, 2.05) is 0 Å². The first-order valence-corrected chi connectivity index (χ1v) is 6.59. The summed E-state index contributed by atoms with van der Waals surface area (Å²) in [6.07, 6.45) is 3.26. The molecule has 1 aromatic rings. The van der Waals surface area contributed by atoms with Crippen LogP contribution in [0.4, 0.5) is 0 Å². The molecule has 17 heavy (non-hydrogen) atoms. The average Bonchev–Trinajstić information content (AvgIpc) is 2.33. The molecule has 2 nitrogen and oxygen atoms in total. The Morgan fingerprint density at radius 2 is 1.71 bits per heavy atom. The third-order valence-electron chi connectivity index (χ3n) is 4.00. The van der Waals surface area contributed by atoms with Gasteiger partial charge in [0.2, 0.25) is 0 Å². The lowest BCUT2D eigenvalue weighted by Crippen LogP contribution is -2.41. The van der Waals surface area contributed by atoms with E-state index in [-0.39, 0.29) is 11.6 Å². The normalized spacial score (nSPS) is 29.6. The van der Waals surface area contributed by atoms with Crippen molar-refractivity contribution in [1.82, 2.24) is 0 Å². The highest BCUT2D eigenvalue weighted by Crippen LogP contribution is 2.35. The van der Waals surface area contributed by atoms with Crippen molar-refractivity contribution in [2.24, 2.45) is 5.73 Å². The Labute approximate surface area is 104 Å². The van der Waals surface area contributed by atoms with Gasteiger partial charge < -0.3 is 10.8 Å². The maximum atomic E-state index is 9.55. The molecule has 1 saturated carbocycles. The van der Waals surface area contributed by atoms with Gasteiger partial charge in [0, 0.05) is 5.54 Å². The van der Waals surface area contributed by atoms with Crippen molar-refractivity contribution in [3.63, 3.8) is 0 Å². The number of benzene rings is 1. The smallest absolute Gasteiger partial charge is 0.0541 e. The van der Waals surface area contributed by atoms with E-state index in [9.17, 15) is 5.11 Å². The topological polar surface area (TPSA) is 46.2 Å². The summed E-state index contributed by atoms with van der Waals surface area (Å²) >= 11 is 0. The van der Waals surface area contributed by atoms with Crippen molar-refractivity contribution in [3.8, 4) is 0 Å². The van der Waals surface area contributed by atoms with Crippen molar-refractivity contribution in [3.05, 3.63) is 35.4 Å². The van der Waals surface area contributed by atoms with Crippen LogP contribution in [0.15, 0.2) is 24.3 Å². The first kappa shape index (κ1) is 12.6. The molecule has 1 aliphatic carbocycles. The minimum atomic E-state index is -0.227. The van der Waals surface area contributed by atoms with Crippen molar-refractivity contribution >= 4 is 0 Å². The Morgan fingerprint density at radius 1 is 1.18 bits per heavy atom. The van der Waals surface area contributed by atoms with Crippen LogP contribution in [-0.2, 0) is 5.54 Å². The van der Waals surface area contributed by atoms with Crippen LogP contribution in [0, 0.1) is 0 Å². The monoisotopic (exact) mass is 233 g/mol. The maximum Gasteiger partial charge on any atom is 0.0541 e. The van der Waals surface area contributed by atoms with Crippen molar-refractivity contribution < 1.29 is 5.11 Å². The van der Waals surface area contributed by atoms with Crippen LogP contribution in [0.1, 0.15) is 56.6 Å². The minimum Gasteiger partial charge on any atom is -0.393 e. The lowest BCUT2D eigenvalue weighted by atomic mass is 9.76. The molecule has 0 unspecified atom stereocenters. The summed E-state index contributed by atoms with van der Waals surface area (Å²) in [7, 11) is 0. The summed E-state index contributed by atoms with van der Waals surface area (Å²) in [6.45, 7) is 4.40. The van der Waals surface area contributed by atoms with Crippen LogP contribution >= 0.6 is 0 Å². The van der Waals surface area contributed by atoms with Crippen LogP contribution < -0.4 is 5.73 Å². The van der Waals surface area contributed by atoms with Gasteiger partial charge in [-0.25, -0.2) is 0 Å². The largest absolute Gasteiger partial charge is 0.393 e. The molecule has 0 aromatic heterocycles. The molecule has 0 saturated heterocycles. The van der Waals surface area contributed by atoms with Gasteiger partial charge in [-0.05, 0) is 42.7 Å². The van der Waals surface area contributed by atoms with Gasteiger partial charge >= 0.3 is 0 Å². The van der Waals surface area contributed by atoms with E-state index in [1.54, 1.807) is 0 Å². The van der Waals surface area contributed by atoms with Crippen molar-refractivity contribution in [1.29, 1.82) is 0 Å². The van der Waals surface area contributed by atoms with Gasteiger partial charge in [0.05, 0.1) is 6.10 Å². The molecule has 0 amide bonds. The van der Waals surface area contributed by atoms with E-state index in [2.05, 4.69) is 38.1 Å². The molecule has 0 atom stereocenters. The van der Waals surface area contributed by atoms with Crippen LogP contribution in [0.5, 0.6) is 0 Å². The maximum absolute atomic E-state index is 9.55. The summed E-state index contributed by atoms with van der Waals surface area (Å²) in [5, 5.41) is 9.55. The predicted octanol–water partition coefficient (Wildman–Crippen LogP) is 2.90. The van der Waals surface area contributed by atoms with E-state index in [0.717, 1.165) is 25.7 Å². The lowest BCUT2D eigenvalue weighted by molar-refractivity contribution is 0.0969. The summed E-state index contributed by atoms with van der Waals surface area (Å²) in [4.78, 5) is 0. The molecule has 1 fully saturated rings. The van der Waals surface area contributed by atoms with Gasteiger partial charge in [-0.3, -0.25) is 0 Å². The second-order valence-electron chi connectivity index (χ2n) is 5.66.